The summed E-state index contributed by atoms with van der Waals surface area (Å²) in [5, 5.41) is 12.1. The third-order valence-electron chi connectivity index (χ3n) is 8.56. The number of hydrogen-bond acceptors (Lipinski definition) is 6. The van der Waals surface area contributed by atoms with Crippen LogP contribution in [0.3, 0.4) is 0 Å². The Labute approximate surface area is 212 Å². The standard InChI is InChI=1S/C27H38N4O5/c32-24(29-35)16-20(15-19-3-1-2-4-19)26(34)31-18-27(9-10-27)17-23(31)25(33)28-21-5-7-22(8-6-21)30-11-13-36-14-12-30/h5-8,19-20,23,35H,1-4,9-18H2,(H,28,33)(H,29,32)/t20-,23+/m1/s1. The third-order valence-corrected chi connectivity index (χ3v) is 8.56. The van der Waals surface area contributed by atoms with Gasteiger partial charge in [0.1, 0.15) is 6.04 Å². The molecule has 36 heavy (non-hydrogen) atoms. The fourth-order valence-corrected chi connectivity index (χ4v) is 6.29. The van der Waals surface area contributed by atoms with Crippen molar-refractivity contribution in [3.05, 3.63) is 24.3 Å². The van der Waals surface area contributed by atoms with E-state index in [0.29, 0.717) is 44.2 Å². The van der Waals surface area contributed by atoms with Crippen LogP contribution >= 0.6 is 0 Å². The zero-order valence-electron chi connectivity index (χ0n) is 20.9. The number of rotatable bonds is 8. The van der Waals surface area contributed by atoms with Crippen molar-refractivity contribution in [3.8, 4) is 0 Å². The quantitative estimate of drug-likeness (QED) is 0.375. The number of ether oxygens (including phenoxy) is 1. The molecule has 4 fully saturated rings. The van der Waals surface area contributed by atoms with Gasteiger partial charge in [-0.15, -0.1) is 0 Å². The van der Waals surface area contributed by atoms with E-state index in [-0.39, 0.29) is 23.7 Å². The van der Waals surface area contributed by atoms with E-state index in [2.05, 4.69) is 10.2 Å². The van der Waals surface area contributed by atoms with E-state index in [1.807, 2.05) is 24.3 Å². The van der Waals surface area contributed by atoms with Crippen LogP contribution in [0.4, 0.5) is 11.4 Å². The molecule has 1 aromatic rings. The van der Waals surface area contributed by atoms with E-state index in [0.717, 1.165) is 57.3 Å². The lowest BCUT2D eigenvalue weighted by Gasteiger charge is -2.30. The first kappa shape index (κ1) is 25.0. The Balaban J connectivity index is 1.27. The molecular weight excluding hydrogens is 460 g/mol. The monoisotopic (exact) mass is 498 g/mol. The number of morpholine rings is 1. The number of hydroxylamine groups is 1. The topological polar surface area (TPSA) is 111 Å². The summed E-state index contributed by atoms with van der Waals surface area (Å²) in [4.78, 5) is 43.2. The summed E-state index contributed by atoms with van der Waals surface area (Å²) >= 11 is 0. The number of nitrogens with one attached hydrogen (secondary N) is 2. The largest absolute Gasteiger partial charge is 0.378 e. The summed E-state index contributed by atoms with van der Waals surface area (Å²) in [6.45, 7) is 3.70. The van der Waals surface area contributed by atoms with Crippen molar-refractivity contribution in [1.82, 2.24) is 10.4 Å². The minimum Gasteiger partial charge on any atom is -0.378 e. The van der Waals surface area contributed by atoms with E-state index in [9.17, 15) is 14.4 Å². The minimum absolute atomic E-state index is 0.0367. The molecule has 2 aliphatic heterocycles. The SMILES string of the molecule is O=C(C[C@@H](CC1CCCC1)C(=O)N1CC2(CC2)C[C@H]1C(=O)Nc1ccc(N2CCOCC2)cc1)NO. The molecule has 5 rings (SSSR count). The molecule has 9 heteroatoms. The molecule has 3 N–H and O–H groups in total. The molecule has 0 bridgehead atoms. The molecule has 0 unspecified atom stereocenters. The highest BCUT2D eigenvalue weighted by molar-refractivity contribution is 5.98. The first-order chi connectivity index (χ1) is 17.5. The van der Waals surface area contributed by atoms with Crippen molar-refractivity contribution < 1.29 is 24.3 Å². The Morgan fingerprint density at radius 2 is 1.78 bits per heavy atom. The fourth-order valence-electron chi connectivity index (χ4n) is 6.29. The van der Waals surface area contributed by atoms with Crippen molar-refractivity contribution in [2.75, 3.05) is 43.1 Å². The third kappa shape index (κ3) is 5.67. The maximum absolute atomic E-state index is 13.8. The molecule has 2 heterocycles. The number of anilines is 2. The zero-order valence-corrected chi connectivity index (χ0v) is 20.9. The number of amides is 3. The zero-order chi connectivity index (χ0) is 25.1. The van der Waals surface area contributed by atoms with Gasteiger partial charge >= 0.3 is 0 Å². The predicted octanol–water partition coefficient (Wildman–Crippen LogP) is 2.93. The number of likely N-dealkylation sites (tertiary alicyclic amines) is 1. The van der Waals surface area contributed by atoms with Crippen molar-refractivity contribution in [2.24, 2.45) is 17.3 Å². The smallest absolute Gasteiger partial charge is 0.247 e. The second kappa shape index (κ2) is 10.8. The lowest BCUT2D eigenvalue weighted by molar-refractivity contribution is -0.144. The Kier molecular flexibility index (Phi) is 7.48. The Morgan fingerprint density at radius 3 is 2.42 bits per heavy atom. The van der Waals surface area contributed by atoms with Crippen LogP contribution in [0.15, 0.2) is 24.3 Å². The van der Waals surface area contributed by atoms with Gasteiger partial charge < -0.3 is 19.9 Å². The molecule has 1 aromatic carbocycles. The van der Waals surface area contributed by atoms with Crippen LogP contribution in [0.25, 0.3) is 0 Å². The molecule has 2 saturated heterocycles. The molecule has 2 atom stereocenters. The highest BCUT2D eigenvalue weighted by Gasteiger charge is 2.55. The lowest BCUT2D eigenvalue weighted by atomic mass is 9.89. The van der Waals surface area contributed by atoms with Crippen LogP contribution in [-0.4, -0.2) is 66.7 Å². The number of nitrogens with zero attached hydrogens (tertiary/aromatic N) is 2. The molecule has 196 valence electrons. The highest BCUT2D eigenvalue weighted by Crippen LogP contribution is 2.55. The summed E-state index contributed by atoms with van der Waals surface area (Å²) in [6.07, 6.45) is 7.74. The van der Waals surface area contributed by atoms with Crippen LogP contribution in [-0.2, 0) is 19.1 Å². The van der Waals surface area contributed by atoms with Crippen LogP contribution in [0.1, 0.15) is 57.8 Å². The highest BCUT2D eigenvalue weighted by atomic mass is 16.5. The maximum Gasteiger partial charge on any atom is 0.247 e. The second-order valence-electron chi connectivity index (χ2n) is 11.1. The van der Waals surface area contributed by atoms with Gasteiger partial charge in [0, 0.05) is 43.3 Å². The number of benzene rings is 1. The molecule has 0 radical (unpaired) electrons. The van der Waals surface area contributed by atoms with E-state index in [4.69, 9.17) is 9.94 Å². The average molecular weight is 499 g/mol. The van der Waals surface area contributed by atoms with Crippen molar-refractivity contribution >= 4 is 29.1 Å². The molecule has 0 aromatic heterocycles. The lowest BCUT2D eigenvalue weighted by Crippen LogP contribution is -2.46. The van der Waals surface area contributed by atoms with Crippen molar-refractivity contribution in [2.45, 2.75) is 63.8 Å². The maximum atomic E-state index is 13.8. The Morgan fingerprint density at radius 1 is 1.08 bits per heavy atom. The Hall–Kier alpha value is -2.65. The number of carbonyl (C=O) groups is 3. The first-order valence-corrected chi connectivity index (χ1v) is 13.4. The summed E-state index contributed by atoms with van der Waals surface area (Å²) < 4.78 is 5.42. The van der Waals surface area contributed by atoms with E-state index >= 15 is 0 Å². The number of hydrogen-bond donors (Lipinski definition) is 3. The molecule has 3 amide bonds. The summed E-state index contributed by atoms with van der Waals surface area (Å²) in [5.74, 6) is -0.944. The number of carbonyl (C=O) groups excluding carboxylic acids is 3. The second-order valence-corrected chi connectivity index (χ2v) is 11.1. The molecule has 4 aliphatic rings. The molecule has 1 spiro atoms. The normalized spacial score (nSPS) is 24.1. The molecular formula is C27H38N4O5. The fraction of sp³-hybridized carbons (Fsp3) is 0.667. The van der Waals surface area contributed by atoms with Gasteiger partial charge in [-0.25, -0.2) is 5.48 Å². The van der Waals surface area contributed by atoms with E-state index in [1.54, 1.807) is 10.4 Å². The minimum atomic E-state index is -0.548. The summed E-state index contributed by atoms with van der Waals surface area (Å²) in [7, 11) is 0. The molecule has 2 aliphatic carbocycles. The van der Waals surface area contributed by atoms with Crippen LogP contribution in [0.2, 0.25) is 0 Å². The summed E-state index contributed by atoms with van der Waals surface area (Å²) in [5.41, 5.74) is 3.54. The first-order valence-electron chi connectivity index (χ1n) is 13.4. The van der Waals surface area contributed by atoms with E-state index < -0.39 is 17.9 Å². The van der Waals surface area contributed by atoms with Gasteiger partial charge in [0.25, 0.3) is 0 Å². The van der Waals surface area contributed by atoms with Crippen molar-refractivity contribution in [1.29, 1.82) is 0 Å². The summed E-state index contributed by atoms with van der Waals surface area (Å²) in [6, 6.07) is 7.29. The predicted molar refractivity (Wildman–Crippen MR) is 134 cm³/mol. The van der Waals surface area contributed by atoms with Gasteiger partial charge in [-0.2, -0.15) is 0 Å². The van der Waals surface area contributed by atoms with Crippen molar-refractivity contribution in [3.63, 3.8) is 0 Å². The van der Waals surface area contributed by atoms with E-state index in [1.165, 1.54) is 0 Å². The van der Waals surface area contributed by atoms with Crippen LogP contribution < -0.4 is 15.7 Å². The average Bonchev–Trinajstić information content (AvgIpc) is 3.27. The Bertz CT molecular complexity index is 951. The molecule has 9 nitrogen and oxygen atoms in total. The van der Waals surface area contributed by atoms with Crippen LogP contribution in [0, 0.1) is 17.3 Å². The van der Waals surface area contributed by atoms with Crippen LogP contribution in [0.5, 0.6) is 0 Å². The van der Waals surface area contributed by atoms with Gasteiger partial charge in [0.15, 0.2) is 0 Å². The van der Waals surface area contributed by atoms with Gasteiger partial charge in [0.2, 0.25) is 17.7 Å². The van der Waals surface area contributed by atoms with Gasteiger partial charge in [-0.05, 0) is 61.3 Å². The molecule has 2 saturated carbocycles. The van der Waals surface area contributed by atoms with Gasteiger partial charge in [-0.3, -0.25) is 19.6 Å². The van der Waals surface area contributed by atoms with Gasteiger partial charge in [0.05, 0.1) is 13.2 Å². The van der Waals surface area contributed by atoms with Gasteiger partial charge in [-0.1, -0.05) is 25.7 Å².